The number of β-lactam (4-membered cyclic amide) rings is 1. The summed E-state index contributed by atoms with van der Waals surface area (Å²) in [6, 6.07) is -1.26. The van der Waals surface area contributed by atoms with Gasteiger partial charge in [0, 0.05) is 11.7 Å². The molecule has 2 rings (SSSR count). The molecule has 2 aliphatic rings. The van der Waals surface area contributed by atoms with Crippen LogP contribution in [0.15, 0.2) is 0 Å². The first-order valence-corrected chi connectivity index (χ1v) is 6.69. The molecule has 0 aromatic carbocycles. The quantitative estimate of drug-likeness (QED) is 0.422. The summed E-state index contributed by atoms with van der Waals surface area (Å²) in [7, 11) is 0. The SMILES string of the molecule is CC(=O)OCOC(=O)[C@@H]1N2C(=O)[C@@H](N)[C@H]2SC1(C)C. The van der Waals surface area contributed by atoms with Crippen LogP contribution in [0.2, 0.25) is 0 Å². The molecule has 2 aliphatic heterocycles. The van der Waals surface area contributed by atoms with Crippen LogP contribution in [0.5, 0.6) is 0 Å². The topological polar surface area (TPSA) is 98.9 Å². The lowest BCUT2D eigenvalue weighted by Crippen LogP contribution is -2.68. The number of hydrogen-bond donors (Lipinski definition) is 1. The van der Waals surface area contributed by atoms with E-state index in [0.717, 1.165) is 0 Å². The summed E-state index contributed by atoms with van der Waals surface area (Å²) in [6.45, 7) is 4.49. The van der Waals surface area contributed by atoms with E-state index in [1.165, 1.54) is 23.6 Å². The fraction of sp³-hybridized carbons (Fsp3) is 0.727. The highest BCUT2D eigenvalue weighted by molar-refractivity contribution is 8.01. The largest absolute Gasteiger partial charge is 0.428 e. The van der Waals surface area contributed by atoms with Gasteiger partial charge in [0.25, 0.3) is 0 Å². The van der Waals surface area contributed by atoms with Crippen LogP contribution >= 0.6 is 11.8 Å². The van der Waals surface area contributed by atoms with Crippen LogP contribution in [0.4, 0.5) is 0 Å². The Morgan fingerprint density at radius 3 is 2.63 bits per heavy atom. The van der Waals surface area contributed by atoms with E-state index in [4.69, 9.17) is 10.5 Å². The lowest BCUT2D eigenvalue weighted by Gasteiger charge is -2.41. The standard InChI is InChI=1S/C11H16N2O5S/c1-5(14)17-4-18-10(16)7-11(2,3)19-9-6(12)8(15)13(7)9/h6-7,9H,4,12H2,1-3H3/t6-,7+,9-/m1/s1. The molecule has 0 radical (unpaired) electrons. The molecule has 2 fully saturated rings. The number of carbonyl (C=O) groups excluding carboxylic acids is 3. The van der Waals surface area contributed by atoms with Gasteiger partial charge in [0.1, 0.15) is 17.5 Å². The number of amides is 1. The van der Waals surface area contributed by atoms with Gasteiger partial charge in [0.05, 0.1) is 0 Å². The lowest BCUT2D eigenvalue weighted by atomic mass is 9.96. The molecule has 19 heavy (non-hydrogen) atoms. The summed E-state index contributed by atoms with van der Waals surface area (Å²) in [5, 5.41) is -0.186. The van der Waals surface area contributed by atoms with Crippen molar-refractivity contribution < 1.29 is 23.9 Å². The third-order valence-corrected chi connectivity index (χ3v) is 4.76. The van der Waals surface area contributed by atoms with Crippen LogP contribution in [0.1, 0.15) is 20.8 Å². The Morgan fingerprint density at radius 1 is 1.42 bits per heavy atom. The molecule has 0 aromatic heterocycles. The van der Waals surface area contributed by atoms with Crippen molar-refractivity contribution in [3.05, 3.63) is 0 Å². The molecule has 0 bridgehead atoms. The summed E-state index contributed by atoms with van der Waals surface area (Å²) < 4.78 is 8.95. The second-order valence-corrected chi connectivity index (χ2v) is 6.77. The summed E-state index contributed by atoms with van der Waals surface area (Å²) in [5.74, 6) is -1.37. The Hall–Kier alpha value is -1.28. The summed E-state index contributed by atoms with van der Waals surface area (Å²) in [4.78, 5) is 35.8. The van der Waals surface area contributed by atoms with Gasteiger partial charge in [-0.25, -0.2) is 4.79 Å². The van der Waals surface area contributed by atoms with Crippen LogP contribution in [-0.4, -0.2) is 51.7 Å². The number of nitrogens with zero attached hydrogens (tertiary/aromatic N) is 1. The molecule has 8 heteroatoms. The summed E-state index contributed by atoms with van der Waals surface area (Å²) in [5.41, 5.74) is 5.70. The number of hydrogen-bond acceptors (Lipinski definition) is 7. The third kappa shape index (κ3) is 2.30. The zero-order chi connectivity index (χ0) is 14.4. The highest BCUT2D eigenvalue weighted by Gasteiger charge is 2.63. The van der Waals surface area contributed by atoms with E-state index in [1.807, 2.05) is 13.8 Å². The number of ether oxygens (including phenoxy) is 2. The maximum atomic E-state index is 12.0. The molecule has 0 spiro atoms. The summed E-state index contributed by atoms with van der Waals surface area (Å²) >= 11 is 1.48. The van der Waals surface area contributed by atoms with Gasteiger partial charge < -0.3 is 20.1 Å². The molecule has 0 saturated carbocycles. The molecule has 106 valence electrons. The van der Waals surface area contributed by atoms with E-state index in [2.05, 4.69) is 4.74 Å². The van der Waals surface area contributed by atoms with Gasteiger partial charge in [-0.05, 0) is 13.8 Å². The maximum Gasteiger partial charge on any atom is 0.333 e. The van der Waals surface area contributed by atoms with E-state index in [1.54, 1.807) is 0 Å². The predicted molar refractivity (Wildman–Crippen MR) is 66.8 cm³/mol. The monoisotopic (exact) mass is 288 g/mol. The Labute approximate surface area is 114 Å². The fourth-order valence-electron chi connectivity index (χ4n) is 2.27. The average molecular weight is 288 g/mol. The third-order valence-electron chi connectivity index (χ3n) is 3.17. The molecule has 7 nitrogen and oxygen atoms in total. The number of thioether (sulfide) groups is 1. The highest BCUT2D eigenvalue weighted by atomic mass is 32.2. The highest BCUT2D eigenvalue weighted by Crippen LogP contribution is 2.50. The minimum absolute atomic E-state index is 0.186. The second kappa shape index (κ2) is 4.68. The first-order valence-electron chi connectivity index (χ1n) is 5.81. The zero-order valence-corrected chi connectivity index (χ0v) is 11.7. The Bertz CT molecular complexity index is 439. The Kier molecular flexibility index (Phi) is 3.48. The molecule has 0 aliphatic carbocycles. The molecule has 0 aromatic rings. The maximum absolute atomic E-state index is 12.0. The first-order chi connectivity index (χ1) is 8.75. The molecule has 2 N–H and O–H groups in total. The van der Waals surface area contributed by atoms with Crippen LogP contribution < -0.4 is 5.73 Å². The van der Waals surface area contributed by atoms with Crippen LogP contribution in [0, 0.1) is 0 Å². The number of rotatable bonds is 3. The molecule has 3 atom stereocenters. The average Bonchev–Trinajstić information content (AvgIpc) is 2.57. The Morgan fingerprint density at radius 2 is 2.05 bits per heavy atom. The number of nitrogens with two attached hydrogens (primary N) is 1. The number of esters is 2. The van der Waals surface area contributed by atoms with Crippen LogP contribution in [0.3, 0.4) is 0 Å². The summed E-state index contributed by atoms with van der Waals surface area (Å²) in [6.07, 6.45) is 0. The van der Waals surface area contributed by atoms with Crippen LogP contribution in [0.25, 0.3) is 0 Å². The van der Waals surface area contributed by atoms with Crippen molar-refractivity contribution in [1.29, 1.82) is 0 Å². The predicted octanol–water partition coefficient (Wildman–Crippen LogP) is -0.560. The minimum atomic E-state index is -0.703. The molecule has 2 saturated heterocycles. The minimum Gasteiger partial charge on any atom is -0.428 e. The lowest BCUT2D eigenvalue weighted by molar-refractivity contribution is -0.175. The zero-order valence-electron chi connectivity index (χ0n) is 10.9. The van der Waals surface area contributed by atoms with E-state index in [-0.39, 0.29) is 11.3 Å². The second-order valence-electron chi connectivity index (χ2n) is 5.00. The van der Waals surface area contributed by atoms with Gasteiger partial charge in [-0.1, -0.05) is 0 Å². The molecule has 0 unspecified atom stereocenters. The van der Waals surface area contributed by atoms with Crippen molar-refractivity contribution in [2.24, 2.45) is 5.73 Å². The smallest absolute Gasteiger partial charge is 0.333 e. The number of fused-ring (bicyclic) bond motifs is 1. The fourth-order valence-corrected chi connectivity index (χ4v) is 3.84. The van der Waals surface area contributed by atoms with E-state index in [9.17, 15) is 14.4 Å². The Balaban J connectivity index is 2.03. The van der Waals surface area contributed by atoms with E-state index >= 15 is 0 Å². The van der Waals surface area contributed by atoms with Crippen molar-refractivity contribution in [2.75, 3.05) is 6.79 Å². The molecule has 1 amide bonds. The normalized spacial score (nSPS) is 31.5. The van der Waals surface area contributed by atoms with E-state index in [0.29, 0.717) is 0 Å². The van der Waals surface area contributed by atoms with Gasteiger partial charge in [-0.2, -0.15) is 0 Å². The van der Waals surface area contributed by atoms with Gasteiger partial charge in [0.2, 0.25) is 12.7 Å². The van der Waals surface area contributed by atoms with Crippen molar-refractivity contribution in [1.82, 2.24) is 4.90 Å². The first kappa shape index (κ1) is 14.1. The van der Waals surface area contributed by atoms with Gasteiger partial charge in [-0.15, -0.1) is 11.8 Å². The van der Waals surface area contributed by atoms with Crippen molar-refractivity contribution in [3.63, 3.8) is 0 Å². The molecular formula is C11H16N2O5S. The van der Waals surface area contributed by atoms with Crippen LogP contribution in [-0.2, 0) is 23.9 Å². The van der Waals surface area contributed by atoms with Gasteiger partial charge in [-0.3, -0.25) is 9.59 Å². The van der Waals surface area contributed by atoms with E-state index < -0.39 is 35.6 Å². The van der Waals surface area contributed by atoms with Gasteiger partial charge in [0.15, 0.2) is 0 Å². The van der Waals surface area contributed by atoms with Crippen molar-refractivity contribution in [2.45, 2.75) is 43.0 Å². The van der Waals surface area contributed by atoms with Crippen molar-refractivity contribution in [3.8, 4) is 0 Å². The number of carbonyl (C=O) groups is 3. The molecular weight excluding hydrogens is 272 g/mol. The molecule has 2 heterocycles. The van der Waals surface area contributed by atoms with Gasteiger partial charge >= 0.3 is 11.9 Å². The van der Waals surface area contributed by atoms with Crippen molar-refractivity contribution >= 4 is 29.6 Å².